The minimum Gasteiger partial charge on any atom is -0.302 e. The zero-order chi connectivity index (χ0) is 11.9. The maximum absolute atomic E-state index is 5.63. The van der Waals surface area contributed by atoms with Crippen molar-refractivity contribution >= 4 is 0 Å². The summed E-state index contributed by atoms with van der Waals surface area (Å²) in [5.41, 5.74) is 0.0638. The molecule has 0 aliphatic rings. The number of hydrogen-bond donors (Lipinski definition) is 1. The average Bonchev–Trinajstić information content (AvgIpc) is 2.27. The van der Waals surface area contributed by atoms with E-state index in [4.69, 9.17) is 6.42 Å². The van der Waals surface area contributed by atoms with Crippen LogP contribution in [0.4, 0.5) is 0 Å². The lowest BCUT2D eigenvalue weighted by Crippen LogP contribution is -2.58. The molecular formula is C13H26N2. The predicted molar refractivity (Wildman–Crippen MR) is 67.9 cm³/mol. The van der Waals surface area contributed by atoms with Gasteiger partial charge in [0.25, 0.3) is 0 Å². The van der Waals surface area contributed by atoms with Crippen molar-refractivity contribution in [2.75, 3.05) is 19.6 Å². The molecule has 2 unspecified atom stereocenters. The van der Waals surface area contributed by atoms with Crippen LogP contribution in [-0.2, 0) is 0 Å². The monoisotopic (exact) mass is 210 g/mol. The van der Waals surface area contributed by atoms with Crippen LogP contribution in [0.1, 0.15) is 41.0 Å². The largest absolute Gasteiger partial charge is 0.302 e. The maximum Gasteiger partial charge on any atom is 0.0870 e. The van der Waals surface area contributed by atoms with Gasteiger partial charge in [0.2, 0.25) is 0 Å². The zero-order valence-corrected chi connectivity index (χ0v) is 10.9. The van der Waals surface area contributed by atoms with Gasteiger partial charge < -0.3 is 5.32 Å². The van der Waals surface area contributed by atoms with Crippen molar-refractivity contribution in [3.63, 3.8) is 0 Å². The van der Waals surface area contributed by atoms with Crippen LogP contribution in [0, 0.1) is 12.3 Å². The molecule has 0 heterocycles. The Hall–Kier alpha value is -0.520. The molecule has 0 aliphatic heterocycles. The van der Waals surface area contributed by atoms with E-state index < -0.39 is 0 Å². The lowest BCUT2D eigenvalue weighted by atomic mass is 9.87. The molecule has 0 spiro atoms. The van der Waals surface area contributed by atoms with Gasteiger partial charge in [0.05, 0.1) is 6.04 Å². The molecule has 2 heteroatoms. The third-order valence-electron chi connectivity index (χ3n) is 3.40. The van der Waals surface area contributed by atoms with Crippen molar-refractivity contribution < 1.29 is 0 Å². The molecule has 0 radical (unpaired) electrons. The lowest BCUT2D eigenvalue weighted by Gasteiger charge is -2.43. The van der Waals surface area contributed by atoms with E-state index in [0.29, 0.717) is 0 Å². The van der Waals surface area contributed by atoms with Gasteiger partial charge in [-0.05, 0) is 33.0 Å². The summed E-state index contributed by atoms with van der Waals surface area (Å²) in [7, 11) is 0. The number of nitrogens with one attached hydrogen (secondary N) is 1. The second-order valence-electron chi connectivity index (χ2n) is 4.04. The summed E-state index contributed by atoms with van der Waals surface area (Å²) in [6.07, 6.45) is 6.69. The Morgan fingerprint density at radius 1 is 1.27 bits per heavy atom. The second kappa shape index (κ2) is 6.87. The fraction of sp³-hybridized carbons (Fsp3) is 0.846. The minimum atomic E-state index is 0.0638. The van der Waals surface area contributed by atoms with Crippen molar-refractivity contribution in [1.29, 1.82) is 0 Å². The molecule has 0 aromatic rings. The summed E-state index contributed by atoms with van der Waals surface area (Å²) in [6.45, 7) is 14.0. The van der Waals surface area contributed by atoms with E-state index in [1.165, 1.54) is 0 Å². The van der Waals surface area contributed by atoms with E-state index in [1.54, 1.807) is 0 Å². The molecule has 0 amide bonds. The van der Waals surface area contributed by atoms with Gasteiger partial charge >= 0.3 is 0 Å². The Labute approximate surface area is 95.4 Å². The van der Waals surface area contributed by atoms with Gasteiger partial charge in [-0.2, -0.15) is 0 Å². The van der Waals surface area contributed by atoms with Crippen LogP contribution >= 0.6 is 0 Å². The average molecular weight is 210 g/mol. The van der Waals surface area contributed by atoms with Gasteiger partial charge in [0, 0.05) is 5.54 Å². The Bertz CT molecular complexity index is 203. The first-order valence-corrected chi connectivity index (χ1v) is 6.05. The molecule has 0 saturated heterocycles. The van der Waals surface area contributed by atoms with Crippen LogP contribution in [-0.4, -0.2) is 36.1 Å². The third-order valence-corrected chi connectivity index (χ3v) is 3.40. The van der Waals surface area contributed by atoms with Crippen LogP contribution in [0.3, 0.4) is 0 Å². The Morgan fingerprint density at radius 2 is 1.80 bits per heavy atom. The van der Waals surface area contributed by atoms with E-state index in [-0.39, 0.29) is 11.6 Å². The standard InChI is InChI=1S/C13H26N2/c1-7-12(14-9-3)13(6,8-2)15(10-4)11-5/h1,12,14H,8-11H2,2-6H3. The molecule has 1 N–H and O–H groups in total. The Kier molecular flexibility index (Phi) is 6.63. The third kappa shape index (κ3) is 3.22. The summed E-state index contributed by atoms with van der Waals surface area (Å²) < 4.78 is 0. The molecule has 0 saturated carbocycles. The lowest BCUT2D eigenvalue weighted by molar-refractivity contribution is 0.0901. The Balaban J connectivity index is 4.86. The molecule has 0 aromatic heterocycles. The van der Waals surface area contributed by atoms with E-state index in [9.17, 15) is 0 Å². The Morgan fingerprint density at radius 3 is 2.07 bits per heavy atom. The van der Waals surface area contributed by atoms with E-state index in [1.807, 2.05) is 0 Å². The van der Waals surface area contributed by atoms with Crippen LogP contribution < -0.4 is 5.32 Å². The summed E-state index contributed by atoms with van der Waals surface area (Å²) >= 11 is 0. The molecule has 2 nitrogen and oxygen atoms in total. The molecule has 2 atom stereocenters. The number of nitrogens with zero attached hydrogens (tertiary/aromatic N) is 1. The highest BCUT2D eigenvalue weighted by Crippen LogP contribution is 2.23. The molecule has 0 fully saturated rings. The summed E-state index contributed by atoms with van der Waals surface area (Å²) in [5, 5.41) is 3.40. The van der Waals surface area contributed by atoms with Gasteiger partial charge in [0.1, 0.15) is 0 Å². The molecule has 0 bridgehead atoms. The quantitative estimate of drug-likeness (QED) is 0.647. The fourth-order valence-electron chi connectivity index (χ4n) is 2.22. The normalized spacial score (nSPS) is 17.1. The maximum atomic E-state index is 5.63. The zero-order valence-electron chi connectivity index (χ0n) is 10.9. The molecule has 0 aliphatic carbocycles. The van der Waals surface area contributed by atoms with Crippen molar-refractivity contribution in [2.24, 2.45) is 0 Å². The van der Waals surface area contributed by atoms with Crippen molar-refractivity contribution in [3.05, 3.63) is 0 Å². The van der Waals surface area contributed by atoms with Gasteiger partial charge in [-0.15, -0.1) is 6.42 Å². The number of rotatable bonds is 7. The molecule has 0 aromatic carbocycles. The second-order valence-corrected chi connectivity index (χ2v) is 4.04. The molecular weight excluding hydrogens is 184 g/mol. The predicted octanol–water partition coefficient (Wildman–Crippen LogP) is 2.11. The first-order chi connectivity index (χ1) is 7.10. The first kappa shape index (κ1) is 14.5. The van der Waals surface area contributed by atoms with Crippen LogP contribution in [0.25, 0.3) is 0 Å². The van der Waals surface area contributed by atoms with E-state index in [0.717, 1.165) is 26.1 Å². The number of hydrogen-bond acceptors (Lipinski definition) is 2. The van der Waals surface area contributed by atoms with Crippen molar-refractivity contribution in [2.45, 2.75) is 52.6 Å². The highest BCUT2D eigenvalue weighted by molar-refractivity contribution is 5.11. The van der Waals surface area contributed by atoms with Crippen molar-refractivity contribution in [1.82, 2.24) is 10.2 Å². The smallest absolute Gasteiger partial charge is 0.0870 e. The van der Waals surface area contributed by atoms with Crippen LogP contribution in [0.15, 0.2) is 0 Å². The van der Waals surface area contributed by atoms with Gasteiger partial charge in [-0.25, -0.2) is 0 Å². The number of likely N-dealkylation sites (N-methyl/N-ethyl adjacent to an activating group) is 2. The van der Waals surface area contributed by atoms with E-state index >= 15 is 0 Å². The molecule has 0 rings (SSSR count). The van der Waals surface area contributed by atoms with Crippen molar-refractivity contribution in [3.8, 4) is 12.3 Å². The van der Waals surface area contributed by atoms with Gasteiger partial charge in [-0.3, -0.25) is 4.90 Å². The fourth-order valence-corrected chi connectivity index (χ4v) is 2.22. The molecule has 15 heavy (non-hydrogen) atoms. The first-order valence-electron chi connectivity index (χ1n) is 6.05. The minimum absolute atomic E-state index is 0.0638. The number of terminal acetylenes is 1. The highest BCUT2D eigenvalue weighted by Gasteiger charge is 2.35. The van der Waals surface area contributed by atoms with E-state index in [2.05, 4.69) is 50.8 Å². The summed E-state index contributed by atoms with van der Waals surface area (Å²) in [6, 6.07) is 0.132. The van der Waals surface area contributed by atoms with Crippen LogP contribution in [0.5, 0.6) is 0 Å². The molecule has 88 valence electrons. The van der Waals surface area contributed by atoms with Gasteiger partial charge in [-0.1, -0.05) is 33.6 Å². The highest BCUT2D eigenvalue weighted by atomic mass is 15.2. The van der Waals surface area contributed by atoms with Crippen LogP contribution in [0.2, 0.25) is 0 Å². The van der Waals surface area contributed by atoms with Gasteiger partial charge in [0.15, 0.2) is 0 Å². The summed E-state index contributed by atoms with van der Waals surface area (Å²) in [4.78, 5) is 2.44. The topological polar surface area (TPSA) is 15.3 Å². The SMILES string of the molecule is C#CC(NCC)C(C)(CC)N(CC)CC. The summed E-state index contributed by atoms with van der Waals surface area (Å²) in [5.74, 6) is 2.89.